The maximum Gasteiger partial charge on any atom is 0.0645 e. The van der Waals surface area contributed by atoms with Crippen LogP contribution in [0.5, 0.6) is 0 Å². The van der Waals surface area contributed by atoms with Crippen molar-refractivity contribution in [3.8, 4) is 11.8 Å². The van der Waals surface area contributed by atoms with Crippen LogP contribution in [0.15, 0.2) is 42.7 Å². The molecule has 0 unspecified atom stereocenters. The molecule has 0 saturated heterocycles. The van der Waals surface area contributed by atoms with E-state index in [2.05, 4.69) is 28.6 Å². The minimum atomic E-state index is 0.547. The Morgan fingerprint density at radius 3 is 2.76 bits per heavy atom. The number of nitrogens with zero attached hydrogens (tertiary/aromatic N) is 3. The molecule has 0 saturated carbocycles. The molecule has 0 aliphatic rings. The molecule has 0 atom stereocenters. The summed E-state index contributed by atoms with van der Waals surface area (Å²) < 4.78 is 1.83. The standard InChI is InChI=1S/C13H14N4/c14-7-1-8-15-11-12-3-5-13(6-4-12)17-10-2-9-16-17/h2-6,9-10,15H,1,8,11H2. The van der Waals surface area contributed by atoms with Crippen LogP contribution in [-0.4, -0.2) is 16.3 Å². The van der Waals surface area contributed by atoms with Gasteiger partial charge >= 0.3 is 0 Å². The molecule has 0 fully saturated rings. The Labute approximate surface area is 100 Å². The van der Waals surface area contributed by atoms with E-state index in [0.717, 1.165) is 18.8 Å². The van der Waals surface area contributed by atoms with Gasteiger partial charge in [0.05, 0.1) is 11.8 Å². The van der Waals surface area contributed by atoms with E-state index in [1.165, 1.54) is 5.56 Å². The van der Waals surface area contributed by atoms with Gasteiger partial charge in [0.2, 0.25) is 0 Å². The van der Waals surface area contributed by atoms with Crippen molar-refractivity contribution in [1.82, 2.24) is 15.1 Å². The summed E-state index contributed by atoms with van der Waals surface area (Å²) in [5, 5.41) is 15.8. The predicted octanol–water partition coefficient (Wildman–Crippen LogP) is 1.88. The number of nitriles is 1. The summed E-state index contributed by atoms with van der Waals surface area (Å²) in [6, 6.07) is 12.2. The number of aromatic nitrogens is 2. The number of rotatable bonds is 5. The summed E-state index contributed by atoms with van der Waals surface area (Å²) in [7, 11) is 0. The van der Waals surface area contributed by atoms with Crippen LogP contribution in [-0.2, 0) is 6.54 Å². The molecule has 0 amide bonds. The van der Waals surface area contributed by atoms with Crippen LogP contribution in [0, 0.1) is 11.3 Å². The number of benzene rings is 1. The van der Waals surface area contributed by atoms with Gasteiger partial charge in [-0.1, -0.05) is 12.1 Å². The van der Waals surface area contributed by atoms with E-state index in [9.17, 15) is 0 Å². The van der Waals surface area contributed by atoms with Crippen molar-refractivity contribution in [3.05, 3.63) is 48.3 Å². The van der Waals surface area contributed by atoms with E-state index >= 15 is 0 Å². The Kier molecular flexibility index (Phi) is 3.90. The van der Waals surface area contributed by atoms with Gasteiger partial charge in [0, 0.05) is 31.9 Å². The molecule has 0 bridgehead atoms. The molecule has 1 aromatic heterocycles. The smallest absolute Gasteiger partial charge is 0.0645 e. The van der Waals surface area contributed by atoms with Crippen LogP contribution in [0.2, 0.25) is 0 Å². The molecule has 0 aliphatic heterocycles. The molecule has 0 spiro atoms. The Morgan fingerprint density at radius 1 is 1.29 bits per heavy atom. The lowest BCUT2D eigenvalue weighted by Gasteiger charge is -2.05. The van der Waals surface area contributed by atoms with Crippen molar-refractivity contribution in [3.63, 3.8) is 0 Å². The van der Waals surface area contributed by atoms with E-state index < -0.39 is 0 Å². The minimum Gasteiger partial charge on any atom is -0.312 e. The van der Waals surface area contributed by atoms with Gasteiger partial charge < -0.3 is 5.32 Å². The van der Waals surface area contributed by atoms with Crippen molar-refractivity contribution < 1.29 is 0 Å². The molecule has 17 heavy (non-hydrogen) atoms. The molecule has 0 aliphatic carbocycles. The quantitative estimate of drug-likeness (QED) is 0.792. The highest BCUT2D eigenvalue weighted by Crippen LogP contribution is 2.08. The third kappa shape index (κ3) is 3.16. The third-order valence-corrected chi connectivity index (χ3v) is 2.45. The summed E-state index contributed by atoms with van der Waals surface area (Å²) in [6.07, 6.45) is 4.23. The Bertz CT molecular complexity index is 479. The molecule has 4 heteroatoms. The van der Waals surface area contributed by atoms with Gasteiger partial charge in [0.25, 0.3) is 0 Å². The molecule has 1 heterocycles. The van der Waals surface area contributed by atoms with Gasteiger partial charge in [-0.3, -0.25) is 0 Å². The van der Waals surface area contributed by atoms with E-state index in [1.807, 2.05) is 29.1 Å². The molecular formula is C13H14N4. The van der Waals surface area contributed by atoms with Crippen molar-refractivity contribution in [2.24, 2.45) is 0 Å². The SMILES string of the molecule is N#CCCNCc1ccc(-n2cccn2)cc1. The van der Waals surface area contributed by atoms with E-state index in [-0.39, 0.29) is 0 Å². The lowest BCUT2D eigenvalue weighted by molar-refractivity contribution is 0.698. The van der Waals surface area contributed by atoms with Crippen LogP contribution in [0.1, 0.15) is 12.0 Å². The average Bonchev–Trinajstić information content (AvgIpc) is 2.89. The molecule has 2 rings (SSSR count). The summed E-state index contributed by atoms with van der Waals surface area (Å²) >= 11 is 0. The fourth-order valence-corrected chi connectivity index (χ4v) is 1.57. The van der Waals surface area contributed by atoms with E-state index in [0.29, 0.717) is 6.42 Å². The molecule has 0 radical (unpaired) electrons. The lowest BCUT2D eigenvalue weighted by atomic mass is 10.2. The Morgan fingerprint density at radius 2 is 2.12 bits per heavy atom. The zero-order valence-corrected chi connectivity index (χ0v) is 9.50. The van der Waals surface area contributed by atoms with Crippen molar-refractivity contribution in [2.45, 2.75) is 13.0 Å². The fourth-order valence-electron chi connectivity index (χ4n) is 1.57. The van der Waals surface area contributed by atoms with Crippen LogP contribution >= 0.6 is 0 Å². The summed E-state index contributed by atoms with van der Waals surface area (Å²) in [6.45, 7) is 1.53. The summed E-state index contributed by atoms with van der Waals surface area (Å²) in [5.74, 6) is 0. The van der Waals surface area contributed by atoms with Gasteiger partial charge in [-0.25, -0.2) is 4.68 Å². The minimum absolute atomic E-state index is 0.547. The first-order valence-electron chi connectivity index (χ1n) is 5.57. The van der Waals surface area contributed by atoms with Crippen LogP contribution < -0.4 is 5.32 Å². The molecular weight excluding hydrogens is 212 g/mol. The van der Waals surface area contributed by atoms with E-state index in [1.54, 1.807) is 6.20 Å². The maximum atomic E-state index is 8.41. The summed E-state index contributed by atoms with van der Waals surface area (Å²) in [4.78, 5) is 0. The van der Waals surface area contributed by atoms with Crippen molar-refractivity contribution >= 4 is 0 Å². The van der Waals surface area contributed by atoms with Crippen molar-refractivity contribution in [1.29, 1.82) is 5.26 Å². The average molecular weight is 226 g/mol. The zero-order chi connectivity index (χ0) is 11.9. The first-order valence-corrected chi connectivity index (χ1v) is 5.57. The highest BCUT2D eigenvalue weighted by molar-refractivity contribution is 5.33. The second-order valence-electron chi connectivity index (χ2n) is 3.70. The van der Waals surface area contributed by atoms with Crippen LogP contribution in [0.3, 0.4) is 0 Å². The van der Waals surface area contributed by atoms with Gasteiger partial charge in [0.1, 0.15) is 0 Å². The topological polar surface area (TPSA) is 53.6 Å². The first-order chi connectivity index (χ1) is 8.40. The number of hydrogen-bond acceptors (Lipinski definition) is 3. The normalized spacial score (nSPS) is 10.1. The number of hydrogen-bond donors (Lipinski definition) is 1. The lowest BCUT2D eigenvalue weighted by Crippen LogP contribution is -2.14. The van der Waals surface area contributed by atoms with Gasteiger partial charge in [-0.15, -0.1) is 0 Å². The largest absolute Gasteiger partial charge is 0.312 e. The molecule has 4 nitrogen and oxygen atoms in total. The van der Waals surface area contributed by atoms with Crippen LogP contribution in [0.4, 0.5) is 0 Å². The third-order valence-electron chi connectivity index (χ3n) is 2.45. The highest BCUT2D eigenvalue weighted by Gasteiger charge is 1.96. The fraction of sp³-hybridized carbons (Fsp3) is 0.231. The summed E-state index contributed by atoms with van der Waals surface area (Å²) in [5.41, 5.74) is 2.26. The zero-order valence-electron chi connectivity index (χ0n) is 9.50. The van der Waals surface area contributed by atoms with E-state index in [4.69, 9.17) is 5.26 Å². The first kappa shape index (κ1) is 11.4. The van der Waals surface area contributed by atoms with Crippen LogP contribution in [0.25, 0.3) is 5.69 Å². The monoisotopic (exact) mass is 226 g/mol. The van der Waals surface area contributed by atoms with Gasteiger partial charge in [-0.05, 0) is 23.8 Å². The Hall–Kier alpha value is -2.12. The molecule has 86 valence electrons. The highest BCUT2D eigenvalue weighted by atomic mass is 15.3. The Balaban J connectivity index is 1.92. The second-order valence-corrected chi connectivity index (χ2v) is 3.70. The maximum absolute atomic E-state index is 8.41. The van der Waals surface area contributed by atoms with Gasteiger partial charge in [-0.2, -0.15) is 10.4 Å². The number of nitrogens with one attached hydrogen (secondary N) is 1. The molecule has 1 N–H and O–H groups in total. The van der Waals surface area contributed by atoms with Crippen molar-refractivity contribution in [2.75, 3.05) is 6.54 Å². The molecule has 2 aromatic rings. The predicted molar refractivity (Wildman–Crippen MR) is 65.5 cm³/mol. The second kappa shape index (κ2) is 5.83. The van der Waals surface area contributed by atoms with Gasteiger partial charge in [0.15, 0.2) is 0 Å². The molecule has 1 aromatic carbocycles.